The maximum Gasteiger partial charge on any atom is 0.0782 e. The zero-order valence-electron chi connectivity index (χ0n) is 6.39. The van der Waals surface area contributed by atoms with E-state index < -0.39 is 0 Å². The van der Waals surface area contributed by atoms with Crippen LogP contribution in [0.4, 0.5) is 0 Å². The number of halogens is 1. The highest BCUT2D eigenvalue weighted by molar-refractivity contribution is 5.85. The number of quaternary nitrogens is 1. The van der Waals surface area contributed by atoms with Crippen molar-refractivity contribution in [2.75, 3.05) is 27.2 Å². The van der Waals surface area contributed by atoms with Gasteiger partial charge in [-0.05, 0) is 19.3 Å². The van der Waals surface area contributed by atoms with Crippen molar-refractivity contribution in [1.82, 2.24) is 0 Å². The Hall–Kier alpha value is 0.250. The first-order valence-electron chi connectivity index (χ1n) is 3.53. The molecular weight excluding hydrogens is 134 g/mol. The third-order valence-corrected chi connectivity index (χ3v) is 2.03. The molecule has 1 saturated heterocycles. The first-order chi connectivity index (χ1) is 3.71. The van der Waals surface area contributed by atoms with Crippen molar-refractivity contribution in [3.63, 3.8) is 0 Å². The van der Waals surface area contributed by atoms with Crippen molar-refractivity contribution in [3.8, 4) is 0 Å². The lowest BCUT2D eigenvalue weighted by Crippen LogP contribution is -2.43. The Bertz CT molecular complexity index is 73.0. The molecule has 1 aliphatic rings. The summed E-state index contributed by atoms with van der Waals surface area (Å²) in [6.45, 7) is 2.78. The van der Waals surface area contributed by atoms with Crippen molar-refractivity contribution < 1.29 is 4.48 Å². The molecule has 2 heteroatoms. The summed E-state index contributed by atoms with van der Waals surface area (Å²) in [5, 5.41) is 0. The summed E-state index contributed by atoms with van der Waals surface area (Å²) in [5.41, 5.74) is 0. The summed E-state index contributed by atoms with van der Waals surface area (Å²) < 4.78 is 1.25. The van der Waals surface area contributed by atoms with Crippen LogP contribution >= 0.6 is 12.4 Å². The SMILES string of the molecule is C[N+]1(C)CCCCC1.Cl. The summed E-state index contributed by atoms with van der Waals surface area (Å²) in [4.78, 5) is 0. The lowest BCUT2D eigenvalue weighted by Gasteiger charge is -2.33. The van der Waals surface area contributed by atoms with Crippen molar-refractivity contribution >= 4 is 12.4 Å². The zero-order valence-corrected chi connectivity index (χ0v) is 7.21. The molecule has 1 aliphatic heterocycles. The fourth-order valence-electron chi connectivity index (χ4n) is 1.37. The topological polar surface area (TPSA) is 0 Å². The maximum atomic E-state index is 2.32. The molecule has 0 spiro atoms. The fraction of sp³-hybridized carbons (Fsp3) is 1.00. The van der Waals surface area contributed by atoms with E-state index in [0.717, 1.165) is 0 Å². The number of hydrogen-bond acceptors (Lipinski definition) is 0. The molecule has 1 nitrogen and oxygen atoms in total. The van der Waals surface area contributed by atoms with E-state index in [0.29, 0.717) is 0 Å². The lowest BCUT2D eigenvalue weighted by atomic mass is 10.1. The molecule has 0 N–H and O–H groups in total. The van der Waals surface area contributed by atoms with Crippen LogP contribution in [0.1, 0.15) is 19.3 Å². The Balaban J connectivity index is 0.000000640. The molecular formula is C7H17ClN+. The third kappa shape index (κ3) is 3.07. The average molecular weight is 151 g/mol. The monoisotopic (exact) mass is 150 g/mol. The number of likely N-dealkylation sites (tertiary alicyclic amines) is 1. The van der Waals surface area contributed by atoms with Crippen molar-refractivity contribution in [2.45, 2.75) is 19.3 Å². The van der Waals surface area contributed by atoms with Gasteiger partial charge in [-0.3, -0.25) is 0 Å². The normalized spacial score (nSPS) is 24.7. The highest BCUT2D eigenvalue weighted by Gasteiger charge is 2.17. The average Bonchev–Trinajstić information content (AvgIpc) is 1.65. The van der Waals surface area contributed by atoms with Gasteiger partial charge >= 0.3 is 0 Å². The maximum absolute atomic E-state index is 2.32. The first kappa shape index (κ1) is 9.25. The predicted molar refractivity (Wildman–Crippen MR) is 42.9 cm³/mol. The number of nitrogens with zero attached hydrogens (tertiary/aromatic N) is 1. The molecule has 0 amide bonds. The van der Waals surface area contributed by atoms with E-state index in [2.05, 4.69) is 14.1 Å². The van der Waals surface area contributed by atoms with Crippen molar-refractivity contribution in [2.24, 2.45) is 0 Å². The van der Waals surface area contributed by atoms with E-state index >= 15 is 0 Å². The standard InChI is InChI=1S/C7H16N.ClH/c1-8(2)6-4-3-5-7-8;/h3-7H2,1-2H3;1H/q+1;. The molecule has 0 aromatic heterocycles. The predicted octanol–water partition coefficient (Wildman–Crippen LogP) is 1.67. The fourth-order valence-corrected chi connectivity index (χ4v) is 1.37. The van der Waals surface area contributed by atoms with Gasteiger partial charge in [-0.25, -0.2) is 0 Å². The molecule has 0 saturated carbocycles. The van der Waals surface area contributed by atoms with Gasteiger partial charge in [0.15, 0.2) is 0 Å². The molecule has 1 fully saturated rings. The van der Waals surface area contributed by atoms with E-state index in [1.54, 1.807) is 0 Å². The number of hydrogen-bond donors (Lipinski definition) is 0. The van der Waals surface area contributed by atoms with E-state index in [9.17, 15) is 0 Å². The molecule has 0 unspecified atom stereocenters. The summed E-state index contributed by atoms with van der Waals surface area (Å²) >= 11 is 0. The molecule has 0 radical (unpaired) electrons. The molecule has 56 valence electrons. The summed E-state index contributed by atoms with van der Waals surface area (Å²) in [6.07, 6.45) is 4.34. The summed E-state index contributed by atoms with van der Waals surface area (Å²) in [6, 6.07) is 0. The second-order valence-electron chi connectivity index (χ2n) is 3.44. The molecule has 0 aromatic rings. The van der Waals surface area contributed by atoms with Crippen molar-refractivity contribution in [3.05, 3.63) is 0 Å². The number of rotatable bonds is 0. The van der Waals surface area contributed by atoms with Crippen LogP contribution in [-0.2, 0) is 0 Å². The quantitative estimate of drug-likeness (QED) is 0.461. The minimum Gasteiger partial charge on any atom is -0.328 e. The van der Waals surface area contributed by atoms with Gasteiger partial charge in [0.05, 0.1) is 27.2 Å². The van der Waals surface area contributed by atoms with Crippen molar-refractivity contribution in [1.29, 1.82) is 0 Å². The Labute approximate surface area is 64.0 Å². The van der Waals surface area contributed by atoms with Crippen LogP contribution in [0, 0.1) is 0 Å². The van der Waals surface area contributed by atoms with E-state index in [4.69, 9.17) is 0 Å². The van der Waals surface area contributed by atoms with Gasteiger partial charge in [-0.1, -0.05) is 0 Å². The summed E-state index contributed by atoms with van der Waals surface area (Å²) in [5.74, 6) is 0. The highest BCUT2D eigenvalue weighted by Crippen LogP contribution is 2.11. The van der Waals surface area contributed by atoms with Crippen LogP contribution in [0.3, 0.4) is 0 Å². The Kier molecular flexibility index (Phi) is 3.52. The van der Waals surface area contributed by atoms with Crippen LogP contribution in [0.15, 0.2) is 0 Å². The van der Waals surface area contributed by atoms with Crippen LogP contribution in [0.25, 0.3) is 0 Å². The van der Waals surface area contributed by atoms with Gasteiger partial charge in [-0.15, -0.1) is 12.4 Å². The van der Waals surface area contributed by atoms with Gasteiger partial charge in [-0.2, -0.15) is 0 Å². The zero-order chi connectivity index (χ0) is 6.04. The van der Waals surface area contributed by atoms with Gasteiger partial charge in [0.25, 0.3) is 0 Å². The minimum absolute atomic E-state index is 0. The largest absolute Gasteiger partial charge is 0.328 e. The molecule has 0 bridgehead atoms. The molecule has 0 atom stereocenters. The Morgan fingerprint density at radius 1 is 0.889 bits per heavy atom. The van der Waals surface area contributed by atoms with Crippen LogP contribution in [-0.4, -0.2) is 31.7 Å². The Morgan fingerprint density at radius 2 is 1.33 bits per heavy atom. The summed E-state index contributed by atoms with van der Waals surface area (Å²) in [7, 11) is 4.64. The van der Waals surface area contributed by atoms with Crippen LogP contribution in [0.2, 0.25) is 0 Å². The molecule has 1 heterocycles. The molecule has 9 heavy (non-hydrogen) atoms. The molecule has 1 rings (SSSR count). The van der Waals surface area contributed by atoms with Gasteiger partial charge < -0.3 is 4.48 Å². The number of piperidine rings is 1. The minimum atomic E-state index is 0. The van der Waals surface area contributed by atoms with Gasteiger partial charge in [0.1, 0.15) is 0 Å². The highest BCUT2D eigenvalue weighted by atomic mass is 35.5. The molecule has 0 aromatic carbocycles. The van der Waals surface area contributed by atoms with E-state index in [1.807, 2.05) is 0 Å². The van der Waals surface area contributed by atoms with E-state index in [1.165, 1.54) is 36.8 Å². The Morgan fingerprint density at radius 3 is 1.56 bits per heavy atom. The second-order valence-corrected chi connectivity index (χ2v) is 3.44. The van der Waals surface area contributed by atoms with Crippen LogP contribution in [0.5, 0.6) is 0 Å². The lowest BCUT2D eigenvalue weighted by molar-refractivity contribution is -0.894. The van der Waals surface area contributed by atoms with Crippen LogP contribution < -0.4 is 0 Å². The second kappa shape index (κ2) is 3.43. The molecule has 0 aliphatic carbocycles. The third-order valence-electron chi connectivity index (χ3n) is 2.03. The van der Waals surface area contributed by atoms with Gasteiger partial charge in [0, 0.05) is 0 Å². The first-order valence-corrected chi connectivity index (χ1v) is 3.53. The smallest absolute Gasteiger partial charge is 0.0782 e. The van der Waals surface area contributed by atoms with E-state index in [-0.39, 0.29) is 12.4 Å². The van der Waals surface area contributed by atoms with Gasteiger partial charge in [0.2, 0.25) is 0 Å².